The number of hydrogen-bond acceptors (Lipinski definition) is 7. The number of sulfonamides is 1. The van der Waals surface area contributed by atoms with Crippen LogP contribution in [0.3, 0.4) is 0 Å². The number of nitrogens with zero attached hydrogens (tertiary/aromatic N) is 1. The maximum atomic E-state index is 12.3. The van der Waals surface area contributed by atoms with Crippen LogP contribution in [0.5, 0.6) is 5.75 Å². The third kappa shape index (κ3) is 6.03. The predicted octanol–water partition coefficient (Wildman–Crippen LogP) is 2.92. The van der Waals surface area contributed by atoms with Gasteiger partial charge in [0.05, 0.1) is 4.90 Å². The van der Waals surface area contributed by atoms with Crippen molar-refractivity contribution < 1.29 is 22.7 Å². The molecule has 0 fully saturated rings. The molecule has 3 rings (SSSR count). The number of ether oxygens (including phenoxy) is 1. The Morgan fingerprint density at radius 2 is 1.83 bits per heavy atom. The minimum Gasteiger partial charge on any atom is -0.484 e. The van der Waals surface area contributed by atoms with E-state index in [1.165, 1.54) is 48.7 Å². The summed E-state index contributed by atoms with van der Waals surface area (Å²) in [5.74, 6) is -0.209. The van der Waals surface area contributed by atoms with Gasteiger partial charge in [-0.2, -0.15) is 0 Å². The summed E-state index contributed by atoms with van der Waals surface area (Å²) in [5.41, 5.74) is 0.979. The summed E-state index contributed by atoms with van der Waals surface area (Å²) in [6.45, 7) is 1.14. The standard InChI is InChI=1S/C19H18N4O5S2/c1-13(24)21-15-3-2-4-16(11-15)28-12-18(25)22-14-5-7-17(8-6-14)30(26,27)23-19-20-9-10-29-19/h2-11H,12H2,1H3,(H,20,23)(H,21,24)(H,22,25). The van der Waals surface area contributed by atoms with Gasteiger partial charge in [0, 0.05) is 35.9 Å². The highest BCUT2D eigenvalue weighted by Gasteiger charge is 2.15. The van der Waals surface area contributed by atoms with E-state index in [0.717, 1.165) is 0 Å². The molecule has 3 N–H and O–H groups in total. The summed E-state index contributed by atoms with van der Waals surface area (Å²) < 4.78 is 32.4. The van der Waals surface area contributed by atoms with Crippen LogP contribution in [0.2, 0.25) is 0 Å². The van der Waals surface area contributed by atoms with Crippen molar-refractivity contribution in [2.24, 2.45) is 0 Å². The fourth-order valence-corrected chi connectivity index (χ4v) is 4.17. The average Bonchev–Trinajstić information content (AvgIpc) is 3.19. The first kappa shape index (κ1) is 21.3. The van der Waals surface area contributed by atoms with E-state index < -0.39 is 15.9 Å². The molecule has 0 atom stereocenters. The number of rotatable bonds is 8. The van der Waals surface area contributed by atoms with Gasteiger partial charge in [-0.05, 0) is 36.4 Å². The summed E-state index contributed by atoms with van der Waals surface area (Å²) in [5, 5.41) is 7.18. The number of carbonyl (C=O) groups is 2. The highest BCUT2D eigenvalue weighted by molar-refractivity contribution is 7.93. The van der Waals surface area contributed by atoms with Crippen LogP contribution in [0.1, 0.15) is 6.92 Å². The van der Waals surface area contributed by atoms with Crippen LogP contribution in [0, 0.1) is 0 Å². The Bertz CT molecular complexity index is 1130. The molecule has 11 heteroatoms. The fraction of sp³-hybridized carbons (Fsp3) is 0.105. The van der Waals surface area contributed by atoms with Gasteiger partial charge in [-0.25, -0.2) is 13.4 Å². The fourth-order valence-electron chi connectivity index (χ4n) is 2.38. The number of hydrogen-bond donors (Lipinski definition) is 3. The van der Waals surface area contributed by atoms with Gasteiger partial charge in [0.2, 0.25) is 5.91 Å². The molecule has 0 radical (unpaired) electrons. The number of benzene rings is 2. The Hall–Kier alpha value is -3.44. The van der Waals surface area contributed by atoms with Gasteiger partial charge >= 0.3 is 0 Å². The minimum absolute atomic E-state index is 0.0433. The molecule has 9 nitrogen and oxygen atoms in total. The summed E-state index contributed by atoms with van der Waals surface area (Å²) >= 11 is 1.17. The zero-order chi connectivity index (χ0) is 21.6. The van der Waals surface area contributed by atoms with E-state index in [-0.39, 0.29) is 22.5 Å². The third-order valence-corrected chi connectivity index (χ3v) is 5.80. The van der Waals surface area contributed by atoms with E-state index >= 15 is 0 Å². The lowest BCUT2D eigenvalue weighted by molar-refractivity contribution is -0.118. The first-order chi connectivity index (χ1) is 14.3. The molecule has 0 saturated carbocycles. The van der Waals surface area contributed by atoms with Gasteiger partial charge in [0.25, 0.3) is 15.9 Å². The normalized spacial score (nSPS) is 10.8. The molecule has 0 saturated heterocycles. The lowest BCUT2D eigenvalue weighted by Gasteiger charge is -2.10. The van der Waals surface area contributed by atoms with Gasteiger partial charge in [-0.15, -0.1) is 11.3 Å². The molecular formula is C19H18N4O5S2. The molecule has 0 aliphatic heterocycles. The van der Waals surface area contributed by atoms with Crippen molar-refractivity contribution in [2.45, 2.75) is 11.8 Å². The predicted molar refractivity (Wildman–Crippen MR) is 114 cm³/mol. The van der Waals surface area contributed by atoms with E-state index in [2.05, 4.69) is 20.3 Å². The summed E-state index contributed by atoms with van der Waals surface area (Å²) in [7, 11) is -3.76. The minimum atomic E-state index is -3.76. The SMILES string of the molecule is CC(=O)Nc1cccc(OCC(=O)Nc2ccc(S(=O)(=O)Nc3nccs3)cc2)c1. The van der Waals surface area contributed by atoms with E-state index in [9.17, 15) is 18.0 Å². The Kier molecular flexibility index (Phi) is 6.65. The molecule has 0 spiro atoms. The molecule has 2 aromatic carbocycles. The van der Waals surface area contributed by atoms with Gasteiger partial charge < -0.3 is 15.4 Å². The zero-order valence-corrected chi connectivity index (χ0v) is 17.4. The number of carbonyl (C=O) groups excluding carboxylic acids is 2. The molecule has 0 aliphatic carbocycles. The van der Waals surface area contributed by atoms with E-state index in [1.807, 2.05) is 0 Å². The summed E-state index contributed by atoms with van der Waals surface area (Å²) in [4.78, 5) is 27.1. The highest BCUT2D eigenvalue weighted by Crippen LogP contribution is 2.20. The number of aromatic nitrogens is 1. The second-order valence-corrected chi connectivity index (χ2v) is 8.59. The van der Waals surface area contributed by atoms with Gasteiger partial charge in [0.15, 0.2) is 11.7 Å². The first-order valence-corrected chi connectivity index (χ1v) is 11.0. The van der Waals surface area contributed by atoms with Crippen molar-refractivity contribution in [2.75, 3.05) is 22.0 Å². The maximum absolute atomic E-state index is 12.3. The molecular weight excluding hydrogens is 428 g/mol. The molecule has 2 amide bonds. The van der Waals surface area contributed by atoms with E-state index in [0.29, 0.717) is 17.1 Å². The summed E-state index contributed by atoms with van der Waals surface area (Å²) in [6.07, 6.45) is 1.50. The van der Waals surface area contributed by atoms with Crippen molar-refractivity contribution in [3.63, 3.8) is 0 Å². The molecule has 3 aromatic rings. The number of anilines is 3. The monoisotopic (exact) mass is 446 g/mol. The van der Waals surface area contributed by atoms with Crippen molar-refractivity contribution >= 4 is 49.7 Å². The second-order valence-electron chi connectivity index (χ2n) is 6.01. The van der Waals surface area contributed by atoms with Crippen LogP contribution in [-0.4, -0.2) is 31.8 Å². The van der Waals surface area contributed by atoms with Gasteiger partial charge in [-0.3, -0.25) is 14.3 Å². The lowest BCUT2D eigenvalue weighted by atomic mass is 10.3. The van der Waals surface area contributed by atoms with Crippen LogP contribution in [0.15, 0.2) is 65.0 Å². The van der Waals surface area contributed by atoms with E-state index in [1.54, 1.807) is 29.6 Å². The van der Waals surface area contributed by atoms with Crippen molar-refractivity contribution in [3.05, 3.63) is 60.1 Å². The first-order valence-electron chi connectivity index (χ1n) is 8.64. The van der Waals surface area contributed by atoms with E-state index in [4.69, 9.17) is 4.74 Å². The molecule has 1 heterocycles. The molecule has 30 heavy (non-hydrogen) atoms. The quantitative estimate of drug-likeness (QED) is 0.488. The van der Waals surface area contributed by atoms with Crippen LogP contribution < -0.4 is 20.1 Å². The summed E-state index contributed by atoms with van der Waals surface area (Å²) in [6, 6.07) is 12.4. The Morgan fingerprint density at radius 3 is 2.50 bits per heavy atom. The number of nitrogens with one attached hydrogen (secondary N) is 3. The molecule has 1 aromatic heterocycles. The smallest absolute Gasteiger partial charge is 0.263 e. The topological polar surface area (TPSA) is 126 Å². The third-order valence-electron chi connectivity index (χ3n) is 3.63. The highest BCUT2D eigenvalue weighted by atomic mass is 32.2. The van der Waals surface area contributed by atoms with Crippen LogP contribution in [0.25, 0.3) is 0 Å². The van der Waals surface area contributed by atoms with Crippen molar-refractivity contribution in [1.29, 1.82) is 0 Å². The van der Waals surface area contributed by atoms with Crippen LogP contribution in [-0.2, 0) is 19.6 Å². The van der Waals surface area contributed by atoms with Gasteiger partial charge in [-0.1, -0.05) is 6.07 Å². The number of thiazole rings is 1. The molecule has 156 valence electrons. The van der Waals surface area contributed by atoms with Crippen molar-refractivity contribution in [1.82, 2.24) is 4.98 Å². The zero-order valence-electron chi connectivity index (χ0n) is 15.8. The Morgan fingerprint density at radius 1 is 1.07 bits per heavy atom. The second kappa shape index (κ2) is 9.37. The van der Waals surface area contributed by atoms with Crippen molar-refractivity contribution in [3.8, 4) is 5.75 Å². The Balaban J connectivity index is 1.55. The molecule has 0 bridgehead atoms. The maximum Gasteiger partial charge on any atom is 0.263 e. The Labute approximate surface area is 177 Å². The van der Waals surface area contributed by atoms with Gasteiger partial charge in [0.1, 0.15) is 5.75 Å². The molecule has 0 aliphatic rings. The van der Waals surface area contributed by atoms with Crippen LogP contribution in [0.4, 0.5) is 16.5 Å². The van der Waals surface area contributed by atoms with Crippen LogP contribution >= 0.6 is 11.3 Å². The number of amides is 2. The largest absolute Gasteiger partial charge is 0.484 e. The average molecular weight is 447 g/mol. The lowest BCUT2D eigenvalue weighted by Crippen LogP contribution is -2.20. The molecule has 0 unspecified atom stereocenters.